The Balaban J connectivity index is 2.52. The zero-order chi connectivity index (χ0) is 14.1. The summed E-state index contributed by atoms with van der Waals surface area (Å²) in [5.74, 6) is 0.0719. The summed E-state index contributed by atoms with van der Waals surface area (Å²) >= 11 is 0. The van der Waals surface area contributed by atoms with Gasteiger partial charge in [0.05, 0.1) is 12.6 Å². The van der Waals surface area contributed by atoms with Gasteiger partial charge in [-0.15, -0.1) is 0 Å². The van der Waals surface area contributed by atoms with E-state index in [1.54, 1.807) is 0 Å². The Labute approximate surface area is 116 Å². The maximum atomic E-state index is 11.9. The molecule has 1 rings (SSSR count). The van der Waals surface area contributed by atoms with Crippen molar-refractivity contribution in [2.75, 3.05) is 6.54 Å². The average molecular weight is 262 g/mol. The van der Waals surface area contributed by atoms with Crippen molar-refractivity contribution < 1.29 is 4.79 Å². The summed E-state index contributed by atoms with van der Waals surface area (Å²) in [4.78, 5) is 11.9. The number of nitrogens with one attached hydrogen (secondary N) is 2. The second-order valence-electron chi connectivity index (χ2n) is 5.01. The van der Waals surface area contributed by atoms with Crippen molar-refractivity contribution >= 4 is 5.91 Å². The van der Waals surface area contributed by atoms with Gasteiger partial charge in [0, 0.05) is 6.04 Å². The lowest BCUT2D eigenvalue weighted by atomic mass is 10.0. The Hall–Kier alpha value is -1.35. The maximum Gasteiger partial charge on any atom is 0.234 e. The molecule has 0 radical (unpaired) electrons. The molecule has 3 nitrogen and oxygen atoms in total. The van der Waals surface area contributed by atoms with Crippen molar-refractivity contribution in [2.45, 2.75) is 52.1 Å². The minimum Gasteiger partial charge on any atom is -0.348 e. The van der Waals surface area contributed by atoms with Gasteiger partial charge in [-0.2, -0.15) is 0 Å². The molecule has 19 heavy (non-hydrogen) atoms. The van der Waals surface area contributed by atoms with Gasteiger partial charge in [0.25, 0.3) is 0 Å². The van der Waals surface area contributed by atoms with E-state index < -0.39 is 0 Å². The highest BCUT2D eigenvalue weighted by molar-refractivity contribution is 5.78. The first-order valence-electron chi connectivity index (χ1n) is 7.25. The van der Waals surface area contributed by atoms with Gasteiger partial charge in [0.15, 0.2) is 0 Å². The summed E-state index contributed by atoms with van der Waals surface area (Å²) in [6.07, 6.45) is 3.06. The molecule has 1 amide bonds. The fourth-order valence-electron chi connectivity index (χ4n) is 1.95. The van der Waals surface area contributed by atoms with Crippen LogP contribution >= 0.6 is 0 Å². The zero-order valence-corrected chi connectivity index (χ0v) is 12.3. The second kappa shape index (κ2) is 8.70. The van der Waals surface area contributed by atoms with E-state index >= 15 is 0 Å². The summed E-state index contributed by atoms with van der Waals surface area (Å²) in [6, 6.07) is 10.7. The van der Waals surface area contributed by atoms with Crippen molar-refractivity contribution in [3.63, 3.8) is 0 Å². The highest BCUT2D eigenvalue weighted by atomic mass is 16.1. The third kappa shape index (κ3) is 5.88. The molecule has 2 N–H and O–H groups in total. The Kier molecular flexibility index (Phi) is 7.19. The first-order valence-corrected chi connectivity index (χ1v) is 7.25. The molecule has 2 unspecified atom stereocenters. The molecule has 0 saturated heterocycles. The molecule has 0 aliphatic heterocycles. The van der Waals surface area contributed by atoms with Crippen LogP contribution in [0.4, 0.5) is 0 Å². The normalized spacial score (nSPS) is 13.8. The Morgan fingerprint density at radius 2 is 1.89 bits per heavy atom. The minimum atomic E-state index is 0.0719. The van der Waals surface area contributed by atoms with Crippen LogP contribution in [0.5, 0.6) is 0 Å². The Morgan fingerprint density at radius 3 is 2.47 bits per heavy atom. The lowest BCUT2D eigenvalue weighted by molar-refractivity contribution is -0.121. The van der Waals surface area contributed by atoms with Crippen molar-refractivity contribution in [3.05, 3.63) is 35.9 Å². The SMILES string of the molecule is CCCC(NC(=O)CNC(C)CC)c1ccccc1. The molecular formula is C16H26N2O. The van der Waals surface area contributed by atoms with Crippen molar-refractivity contribution in [3.8, 4) is 0 Å². The molecule has 0 aliphatic rings. The van der Waals surface area contributed by atoms with Crippen molar-refractivity contribution in [1.29, 1.82) is 0 Å². The van der Waals surface area contributed by atoms with Crippen LogP contribution in [0.15, 0.2) is 30.3 Å². The number of benzene rings is 1. The fraction of sp³-hybridized carbons (Fsp3) is 0.562. The largest absolute Gasteiger partial charge is 0.348 e. The number of carbonyl (C=O) groups excluding carboxylic acids is 1. The molecule has 0 bridgehead atoms. The van der Waals surface area contributed by atoms with E-state index in [0.29, 0.717) is 12.6 Å². The molecule has 106 valence electrons. The average Bonchev–Trinajstić information content (AvgIpc) is 2.45. The van der Waals surface area contributed by atoms with Gasteiger partial charge >= 0.3 is 0 Å². The van der Waals surface area contributed by atoms with Crippen LogP contribution in [0.1, 0.15) is 51.6 Å². The van der Waals surface area contributed by atoms with Crippen LogP contribution in [0.3, 0.4) is 0 Å². The van der Waals surface area contributed by atoms with Crippen LogP contribution in [-0.4, -0.2) is 18.5 Å². The molecule has 3 heteroatoms. The summed E-state index contributed by atoms with van der Waals surface area (Å²) < 4.78 is 0. The van der Waals surface area contributed by atoms with Crippen LogP contribution in [0.25, 0.3) is 0 Å². The molecule has 0 spiro atoms. The summed E-state index contributed by atoms with van der Waals surface area (Å²) in [6.45, 7) is 6.73. The minimum absolute atomic E-state index is 0.0719. The molecule has 0 fully saturated rings. The third-order valence-electron chi connectivity index (χ3n) is 3.34. The predicted octanol–water partition coefficient (Wildman–Crippen LogP) is 3.03. The summed E-state index contributed by atoms with van der Waals surface area (Å²) in [5.41, 5.74) is 1.18. The highest BCUT2D eigenvalue weighted by Gasteiger charge is 2.13. The van der Waals surface area contributed by atoms with Gasteiger partial charge in [-0.05, 0) is 25.3 Å². The van der Waals surface area contributed by atoms with Crippen molar-refractivity contribution in [2.24, 2.45) is 0 Å². The zero-order valence-electron chi connectivity index (χ0n) is 12.3. The lowest BCUT2D eigenvalue weighted by Gasteiger charge is -2.19. The van der Waals surface area contributed by atoms with E-state index in [2.05, 4.69) is 43.5 Å². The number of rotatable bonds is 8. The molecule has 0 aromatic heterocycles. The van der Waals surface area contributed by atoms with E-state index in [9.17, 15) is 4.79 Å². The van der Waals surface area contributed by atoms with E-state index in [1.807, 2.05) is 18.2 Å². The first kappa shape index (κ1) is 15.7. The third-order valence-corrected chi connectivity index (χ3v) is 3.34. The van der Waals surface area contributed by atoms with Gasteiger partial charge in [-0.25, -0.2) is 0 Å². The predicted molar refractivity (Wildman–Crippen MR) is 80.0 cm³/mol. The Bertz CT molecular complexity index is 364. The fourth-order valence-corrected chi connectivity index (χ4v) is 1.95. The number of carbonyl (C=O) groups is 1. The van der Waals surface area contributed by atoms with Gasteiger partial charge in [0.2, 0.25) is 5.91 Å². The van der Waals surface area contributed by atoms with Crippen molar-refractivity contribution in [1.82, 2.24) is 10.6 Å². The monoisotopic (exact) mass is 262 g/mol. The smallest absolute Gasteiger partial charge is 0.234 e. The number of amides is 1. The first-order chi connectivity index (χ1) is 9.17. The quantitative estimate of drug-likeness (QED) is 0.756. The molecule has 0 aliphatic carbocycles. The van der Waals surface area contributed by atoms with Crippen LogP contribution in [0, 0.1) is 0 Å². The molecular weight excluding hydrogens is 236 g/mol. The molecule has 2 atom stereocenters. The van der Waals surface area contributed by atoms with Gasteiger partial charge in [0.1, 0.15) is 0 Å². The summed E-state index contributed by atoms with van der Waals surface area (Å²) in [7, 11) is 0. The topological polar surface area (TPSA) is 41.1 Å². The number of hydrogen-bond acceptors (Lipinski definition) is 2. The van der Waals surface area contributed by atoms with Gasteiger partial charge < -0.3 is 10.6 Å². The van der Waals surface area contributed by atoms with E-state index in [4.69, 9.17) is 0 Å². The molecule has 0 heterocycles. The van der Waals surface area contributed by atoms with Crippen LogP contribution in [0.2, 0.25) is 0 Å². The van der Waals surface area contributed by atoms with E-state index in [1.165, 1.54) is 5.56 Å². The standard InChI is InChI=1S/C16H26N2O/c1-4-9-15(14-10-7-6-8-11-14)18-16(19)12-17-13(3)5-2/h6-8,10-11,13,15,17H,4-5,9,12H2,1-3H3,(H,18,19). The number of hydrogen-bond donors (Lipinski definition) is 2. The van der Waals surface area contributed by atoms with Crippen LogP contribution < -0.4 is 10.6 Å². The highest BCUT2D eigenvalue weighted by Crippen LogP contribution is 2.17. The lowest BCUT2D eigenvalue weighted by Crippen LogP contribution is -2.39. The van der Waals surface area contributed by atoms with E-state index in [-0.39, 0.29) is 11.9 Å². The van der Waals surface area contributed by atoms with Gasteiger partial charge in [-0.1, -0.05) is 50.6 Å². The molecule has 0 saturated carbocycles. The Morgan fingerprint density at radius 1 is 1.21 bits per heavy atom. The second-order valence-corrected chi connectivity index (χ2v) is 5.01. The molecule has 1 aromatic carbocycles. The maximum absolute atomic E-state index is 11.9. The van der Waals surface area contributed by atoms with Gasteiger partial charge in [-0.3, -0.25) is 4.79 Å². The molecule has 1 aromatic rings. The van der Waals surface area contributed by atoms with E-state index in [0.717, 1.165) is 19.3 Å². The summed E-state index contributed by atoms with van der Waals surface area (Å²) in [5, 5.41) is 6.33. The van der Waals surface area contributed by atoms with Crippen LogP contribution in [-0.2, 0) is 4.79 Å².